The number of nitrogens with two attached hydrogens (primary N) is 1. The maximum absolute atomic E-state index is 9.22. The number of carbonyl (C=O) groups is 1. The van der Waals surface area contributed by atoms with Crippen LogP contribution in [0.25, 0.3) is 0 Å². The van der Waals surface area contributed by atoms with Crippen LogP contribution in [0.15, 0.2) is 24.3 Å². The van der Waals surface area contributed by atoms with E-state index >= 15 is 0 Å². The van der Waals surface area contributed by atoms with Gasteiger partial charge in [0.1, 0.15) is 0 Å². The molecule has 0 spiro atoms. The molecule has 0 aliphatic carbocycles. The zero-order valence-corrected chi connectivity index (χ0v) is 12.4. The van der Waals surface area contributed by atoms with Crippen molar-refractivity contribution in [2.24, 2.45) is 5.73 Å². The quantitative estimate of drug-likeness (QED) is 0.712. The van der Waals surface area contributed by atoms with Crippen molar-refractivity contribution in [3.05, 3.63) is 29.8 Å². The van der Waals surface area contributed by atoms with Crippen LogP contribution < -0.4 is 11.1 Å². The van der Waals surface area contributed by atoms with E-state index in [0.717, 1.165) is 11.3 Å². The van der Waals surface area contributed by atoms with Gasteiger partial charge in [0.05, 0.1) is 6.10 Å². The number of hydrogen-bond acceptors (Lipinski definition) is 3. The molecule has 4 nitrogen and oxygen atoms in total. The Balaban J connectivity index is -0.000000274. The smallest absolute Gasteiger partial charge is 0.204 e. The minimum atomic E-state index is -0.386. The maximum Gasteiger partial charge on any atom is 0.204 e. The molecule has 1 rings (SSSR count). The molecule has 0 aliphatic heterocycles. The number of anilines is 1. The molecule has 106 valence electrons. The van der Waals surface area contributed by atoms with Crippen LogP contribution in [0.4, 0.5) is 5.69 Å². The third kappa shape index (κ3) is 12.5. The largest absolute Gasteiger partial charge is 0.389 e. The summed E-state index contributed by atoms with van der Waals surface area (Å²) < 4.78 is 0. The Bertz CT molecular complexity index is 276. The van der Waals surface area contributed by atoms with Gasteiger partial charge in [0.15, 0.2) is 0 Å². The minimum Gasteiger partial charge on any atom is -0.389 e. The van der Waals surface area contributed by atoms with Crippen molar-refractivity contribution in [2.45, 2.75) is 40.7 Å². The number of nitrogens with one attached hydrogen (secondary N) is 1. The molecule has 1 amide bonds. The molecule has 1 aromatic rings. The van der Waals surface area contributed by atoms with Crippen molar-refractivity contribution >= 4 is 12.1 Å². The molecule has 0 saturated heterocycles. The molecule has 0 heterocycles. The van der Waals surface area contributed by atoms with Gasteiger partial charge < -0.3 is 16.2 Å². The number of hydrogen-bond donors (Lipinski definition) is 3. The Morgan fingerprint density at radius 1 is 1.28 bits per heavy atom. The molecule has 0 aromatic heterocycles. The molecule has 0 bridgehead atoms. The van der Waals surface area contributed by atoms with Gasteiger partial charge in [0.25, 0.3) is 0 Å². The molecule has 0 aliphatic rings. The molecule has 0 saturated carbocycles. The molecular formula is C14H28N2O2. The molecule has 18 heavy (non-hydrogen) atoms. The van der Waals surface area contributed by atoms with Crippen LogP contribution in [-0.2, 0) is 4.79 Å². The van der Waals surface area contributed by atoms with Crippen LogP contribution in [0.5, 0.6) is 0 Å². The van der Waals surface area contributed by atoms with E-state index in [0.29, 0.717) is 0 Å². The molecular weight excluding hydrogens is 228 g/mol. The standard InChI is InChI=1S/C9H13NO.2C2H6.CH3NO/c1-7(11)8-4-3-5-9(6-8)10-2;2*1-2;2-1-3/h3-7,10-11H,1-2H3;2*1-2H3;1H,(H2,2,3). The van der Waals surface area contributed by atoms with Gasteiger partial charge in [-0.05, 0) is 24.6 Å². The summed E-state index contributed by atoms with van der Waals surface area (Å²) in [4.78, 5) is 8.58. The number of carbonyl (C=O) groups excluding carboxylic acids is 1. The zero-order chi connectivity index (χ0) is 15.0. The Kier molecular flexibility index (Phi) is 21.5. The summed E-state index contributed by atoms with van der Waals surface area (Å²) in [5.41, 5.74) is 6.14. The summed E-state index contributed by atoms with van der Waals surface area (Å²) in [6, 6.07) is 7.73. The zero-order valence-electron chi connectivity index (χ0n) is 12.4. The number of aliphatic hydroxyl groups excluding tert-OH is 1. The lowest BCUT2D eigenvalue weighted by Crippen LogP contribution is -1.93. The Morgan fingerprint density at radius 3 is 2.06 bits per heavy atom. The summed E-state index contributed by atoms with van der Waals surface area (Å²) in [5, 5.41) is 12.2. The van der Waals surface area contributed by atoms with Crippen molar-refractivity contribution in [2.75, 3.05) is 12.4 Å². The van der Waals surface area contributed by atoms with E-state index in [1.54, 1.807) is 6.92 Å². The highest BCUT2D eigenvalue weighted by atomic mass is 16.3. The van der Waals surface area contributed by atoms with Crippen LogP contribution in [0.3, 0.4) is 0 Å². The maximum atomic E-state index is 9.22. The van der Waals surface area contributed by atoms with E-state index < -0.39 is 0 Å². The number of benzene rings is 1. The van der Waals surface area contributed by atoms with Crippen LogP contribution in [0.1, 0.15) is 46.3 Å². The van der Waals surface area contributed by atoms with Crippen molar-refractivity contribution in [3.63, 3.8) is 0 Å². The van der Waals surface area contributed by atoms with Crippen molar-refractivity contribution < 1.29 is 9.90 Å². The van der Waals surface area contributed by atoms with Crippen LogP contribution in [0, 0.1) is 0 Å². The van der Waals surface area contributed by atoms with Gasteiger partial charge in [-0.3, -0.25) is 4.79 Å². The van der Waals surface area contributed by atoms with E-state index in [9.17, 15) is 5.11 Å². The first-order chi connectivity index (χ1) is 8.65. The van der Waals surface area contributed by atoms with Crippen LogP contribution >= 0.6 is 0 Å². The normalized spacial score (nSPS) is 9.06. The fourth-order valence-corrected chi connectivity index (χ4v) is 0.954. The van der Waals surface area contributed by atoms with Gasteiger partial charge >= 0.3 is 0 Å². The molecule has 0 fully saturated rings. The summed E-state index contributed by atoms with van der Waals surface area (Å²) >= 11 is 0. The number of amides is 1. The second kappa shape index (κ2) is 17.8. The fourth-order valence-electron chi connectivity index (χ4n) is 0.954. The minimum absolute atomic E-state index is 0.250. The molecule has 4 N–H and O–H groups in total. The Morgan fingerprint density at radius 2 is 1.72 bits per heavy atom. The van der Waals surface area contributed by atoms with Crippen LogP contribution in [-0.4, -0.2) is 18.6 Å². The Hall–Kier alpha value is -1.55. The second-order valence-electron chi connectivity index (χ2n) is 2.69. The predicted octanol–water partition coefficient (Wildman–Crippen LogP) is 2.94. The highest BCUT2D eigenvalue weighted by molar-refractivity contribution is 5.45. The third-order valence-corrected chi connectivity index (χ3v) is 1.66. The van der Waals surface area contributed by atoms with E-state index in [2.05, 4.69) is 11.1 Å². The predicted molar refractivity (Wildman–Crippen MR) is 79.6 cm³/mol. The van der Waals surface area contributed by atoms with E-state index in [1.165, 1.54) is 0 Å². The number of rotatable bonds is 2. The van der Waals surface area contributed by atoms with Gasteiger partial charge in [-0.1, -0.05) is 39.8 Å². The first kappa shape index (κ1) is 21.7. The Labute approximate surface area is 111 Å². The van der Waals surface area contributed by atoms with E-state index in [4.69, 9.17) is 4.79 Å². The average molecular weight is 256 g/mol. The van der Waals surface area contributed by atoms with Gasteiger partial charge in [0, 0.05) is 12.7 Å². The summed E-state index contributed by atoms with van der Waals surface area (Å²) in [7, 11) is 1.86. The van der Waals surface area contributed by atoms with Gasteiger partial charge in [-0.2, -0.15) is 0 Å². The number of primary amides is 1. The lowest BCUT2D eigenvalue weighted by molar-refractivity contribution is -0.106. The lowest BCUT2D eigenvalue weighted by atomic mass is 10.1. The first-order valence-electron chi connectivity index (χ1n) is 6.26. The van der Waals surface area contributed by atoms with Crippen molar-refractivity contribution in [3.8, 4) is 0 Å². The average Bonchev–Trinajstić information content (AvgIpc) is 2.44. The monoisotopic (exact) mass is 256 g/mol. The number of aliphatic hydroxyl groups is 1. The molecule has 1 unspecified atom stereocenters. The summed E-state index contributed by atoms with van der Waals surface area (Å²) in [6.45, 7) is 9.76. The fraction of sp³-hybridized carbons (Fsp3) is 0.500. The summed E-state index contributed by atoms with van der Waals surface area (Å²) in [6.07, 6.45) is -0.136. The van der Waals surface area contributed by atoms with Gasteiger partial charge in [-0.25, -0.2) is 0 Å². The lowest BCUT2D eigenvalue weighted by Gasteiger charge is -2.06. The van der Waals surface area contributed by atoms with Gasteiger partial charge in [0.2, 0.25) is 6.41 Å². The molecule has 1 atom stereocenters. The van der Waals surface area contributed by atoms with Crippen LogP contribution in [0.2, 0.25) is 0 Å². The topological polar surface area (TPSA) is 75.3 Å². The molecule has 4 heteroatoms. The summed E-state index contributed by atoms with van der Waals surface area (Å²) in [5.74, 6) is 0. The van der Waals surface area contributed by atoms with Gasteiger partial charge in [-0.15, -0.1) is 0 Å². The van der Waals surface area contributed by atoms with Crippen molar-refractivity contribution in [1.82, 2.24) is 0 Å². The SMILES string of the molecule is CC.CC.CNc1cccc(C(C)O)c1.NC=O. The molecule has 1 aromatic carbocycles. The highest BCUT2D eigenvalue weighted by Crippen LogP contribution is 2.15. The third-order valence-electron chi connectivity index (χ3n) is 1.66. The van der Waals surface area contributed by atoms with E-state index in [-0.39, 0.29) is 12.5 Å². The highest BCUT2D eigenvalue weighted by Gasteiger charge is 1.99. The second-order valence-corrected chi connectivity index (χ2v) is 2.69. The van der Waals surface area contributed by atoms with Crippen molar-refractivity contribution in [1.29, 1.82) is 0 Å². The van der Waals surface area contributed by atoms with E-state index in [1.807, 2.05) is 59.0 Å². The first-order valence-corrected chi connectivity index (χ1v) is 6.26. The molecule has 0 radical (unpaired) electrons.